The number of rotatable bonds is 3. The van der Waals surface area contributed by atoms with Gasteiger partial charge in [0.15, 0.2) is 5.65 Å². The average molecular weight is 371 g/mol. The maximum Gasteiger partial charge on any atom is 0.215 e. The molecule has 3 aromatic rings. The number of aromatic amines is 1. The third-order valence-corrected chi connectivity index (χ3v) is 4.24. The summed E-state index contributed by atoms with van der Waals surface area (Å²) < 4.78 is 6.61. The lowest BCUT2D eigenvalue weighted by Crippen LogP contribution is -1.93. The van der Waals surface area contributed by atoms with Crippen molar-refractivity contribution in [2.24, 2.45) is 0 Å². The van der Waals surface area contributed by atoms with Gasteiger partial charge in [-0.25, -0.2) is 4.98 Å². The fraction of sp³-hybridized carbons (Fsp3) is 0.167. The van der Waals surface area contributed by atoms with Gasteiger partial charge in [-0.15, -0.1) is 11.3 Å². The van der Waals surface area contributed by atoms with E-state index in [1.807, 2.05) is 19.1 Å². The second kappa shape index (κ2) is 4.85. The lowest BCUT2D eigenvalue weighted by molar-refractivity contribution is 0.328. The van der Waals surface area contributed by atoms with Crippen molar-refractivity contribution in [1.82, 2.24) is 15.0 Å². The van der Waals surface area contributed by atoms with Crippen LogP contribution < -0.4 is 4.74 Å². The average Bonchev–Trinajstić information content (AvgIpc) is 2.94. The SMILES string of the molecule is CCOc1ccc2[nH]c(-c3csc(I)c3)nc2n1. The van der Waals surface area contributed by atoms with Crippen LogP contribution in [0.25, 0.3) is 22.6 Å². The summed E-state index contributed by atoms with van der Waals surface area (Å²) in [6, 6.07) is 5.90. The van der Waals surface area contributed by atoms with Crippen LogP contribution >= 0.6 is 33.9 Å². The predicted octanol–water partition coefficient (Wildman–Crippen LogP) is 3.69. The number of nitrogens with one attached hydrogen (secondary N) is 1. The third-order valence-electron chi connectivity index (χ3n) is 2.45. The first kappa shape index (κ1) is 11.9. The summed E-state index contributed by atoms with van der Waals surface area (Å²) in [5, 5.41) is 2.09. The van der Waals surface area contributed by atoms with Gasteiger partial charge in [-0.3, -0.25) is 0 Å². The van der Waals surface area contributed by atoms with Crippen molar-refractivity contribution in [2.75, 3.05) is 6.61 Å². The summed E-state index contributed by atoms with van der Waals surface area (Å²) >= 11 is 4.01. The summed E-state index contributed by atoms with van der Waals surface area (Å²) in [6.45, 7) is 2.55. The summed E-state index contributed by atoms with van der Waals surface area (Å²) in [7, 11) is 0. The van der Waals surface area contributed by atoms with Crippen LogP contribution in [0, 0.1) is 2.88 Å². The van der Waals surface area contributed by atoms with Gasteiger partial charge in [-0.2, -0.15) is 4.98 Å². The van der Waals surface area contributed by atoms with E-state index in [4.69, 9.17) is 4.74 Å². The first-order chi connectivity index (χ1) is 8.76. The minimum absolute atomic E-state index is 0.610. The molecule has 18 heavy (non-hydrogen) atoms. The van der Waals surface area contributed by atoms with Crippen molar-refractivity contribution in [3.8, 4) is 17.3 Å². The lowest BCUT2D eigenvalue weighted by atomic mass is 10.3. The van der Waals surface area contributed by atoms with Crippen molar-refractivity contribution < 1.29 is 4.74 Å². The molecule has 3 rings (SSSR count). The lowest BCUT2D eigenvalue weighted by Gasteiger charge is -1.99. The van der Waals surface area contributed by atoms with Crippen LogP contribution in [-0.4, -0.2) is 21.6 Å². The first-order valence-corrected chi connectivity index (χ1v) is 7.46. The molecule has 6 heteroatoms. The number of imidazole rings is 1. The van der Waals surface area contributed by atoms with E-state index in [1.54, 1.807) is 11.3 Å². The molecule has 0 saturated carbocycles. The summed E-state index contributed by atoms with van der Waals surface area (Å²) in [5.74, 6) is 1.47. The molecule has 92 valence electrons. The Morgan fingerprint density at radius 3 is 3.00 bits per heavy atom. The minimum Gasteiger partial charge on any atom is -0.478 e. The molecule has 0 aliphatic carbocycles. The number of hydrogen-bond acceptors (Lipinski definition) is 4. The Morgan fingerprint density at radius 2 is 2.28 bits per heavy atom. The molecule has 0 spiro atoms. The molecule has 0 unspecified atom stereocenters. The van der Waals surface area contributed by atoms with Gasteiger partial charge < -0.3 is 9.72 Å². The molecule has 3 heterocycles. The van der Waals surface area contributed by atoms with Gasteiger partial charge in [-0.1, -0.05) is 0 Å². The van der Waals surface area contributed by atoms with Gasteiger partial charge in [0.2, 0.25) is 5.88 Å². The molecule has 0 amide bonds. The molecule has 0 aromatic carbocycles. The Hall–Kier alpha value is -1.15. The normalized spacial score (nSPS) is 11.0. The number of halogens is 1. The van der Waals surface area contributed by atoms with E-state index < -0.39 is 0 Å². The van der Waals surface area contributed by atoms with Crippen molar-refractivity contribution in [2.45, 2.75) is 6.92 Å². The Labute approximate surface area is 122 Å². The summed E-state index contributed by atoms with van der Waals surface area (Å²) in [5.41, 5.74) is 2.71. The maximum atomic E-state index is 5.37. The Kier molecular flexibility index (Phi) is 3.21. The highest BCUT2D eigenvalue weighted by atomic mass is 127. The zero-order valence-corrected chi connectivity index (χ0v) is 12.6. The van der Waals surface area contributed by atoms with E-state index in [2.05, 4.69) is 49.0 Å². The van der Waals surface area contributed by atoms with Crippen molar-refractivity contribution in [1.29, 1.82) is 0 Å². The van der Waals surface area contributed by atoms with E-state index >= 15 is 0 Å². The number of thiophene rings is 1. The number of H-pyrrole nitrogens is 1. The number of fused-ring (bicyclic) bond motifs is 1. The molecular formula is C12H10IN3OS. The molecule has 0 radical (unpaired) electrons. The number of pyridine rings is 1. The molecule has 0 fully saturated rings. The van der Waals surface area contributed by atoms with Crippen LogP contribution in [0.1, 0.15) is 6.92 Å². The Bertz CT molecular complexity index is 692. The number of ether oxygens (including phenoxy) is 1. The van der Waals surface area contributed by atoms with E-state index in [-0.39, 0.29) is 0 Å². The number of nitrogens with zero attached hydrogens (tertiary/aromatic N) is 2. The fourth-order valence-corrected chi connectivity index (χ4v) is 3.01. The monoisotopic (exact) mass is 371 g/mol. The van der Waals surface area contributed by atoms with Crippen molar-refractivity contribution >= 4 is 45.1 Å². The van der Waals surface area contributed by atoms with Crippen LogP contribution in [0.2, 0.25) is 0 Å². The van der Waals surface area contributed by atoms with E-state index in [9.17, 15) is 0 Å². The zero-order valence-electron chi connectivity index (χ0n) is 9.61. The Morgan fingerprint density at radius 1 is 1.39 bits per heavy atom. The first-order valence-electron chi connectivity index (χ1n) is 5.50. The van der Waals surface area contributed by atoms with Gasteiger partial charge in [0.05, 0.1) is 15.0 Å². The van der Waals surface area contributed by atoms with E-state index in [0.29, 0.717) is 18.1 Å². The smallest absolute Gasteiger partial charge is 0.215 e. The molecule has 0 aliphatic heterocycles. The van der Waals surface area contributed by atoms with E-state index in [1.165, 1.54) is 2.88 Å². The molecule has 0 saturated heterocycles. The van der Waals surface area contributed by atoms with Gasteiger partial charge in [0.25, 0.3) is 0 Å². The molecular weight excluding hydrogens is 361 g/mol. The molecule has 1 N–H and O–H groups in total. The van der Waals surface area contributed by atoms with Crippen LogP contribution in [0.5, 0.6) is 5.88 Å². The van der Waals surface area contributed by atoms with Gasteiger partial charge in [0.1, 0.15) is 5.82 Å². The highest BCUT2D eigenvalue weighted by Gasteiger charge is 2.08. The van der Waals surface area contributed by atoms with Crippen molar-refractivity contribution in [3.05, 3.63) is 26.5 Å². The molecule has 0 atom stereocenters. The zero-order chi connectivity index (χ0) is 12.5. The molecule has 0 aliphatic rings. The minimum atomic E-state index is 0.610. The highest BCUT2D eigenvalue weighted by Crippen LogP contribution is 2.26. The van der Waals surface area contributed by atoms with Crippen molar-refractivity contribution in [3.63, 3.8) is 0 Å². The highest BCUT2D eigenvalue weighted by molar-refractivity contribution is 14.1. The maximum absolute atomic E-state index is 5.37. The molecule has 4 nitrogen and oxygen atoms in total. The molecule has 0 bridgehead atoms. The summed E-state index contributed by atoms with van der Waals surface area (Å²) in [4.78, 5) is 12.1. The second-order valence-electron chi connectivity index (χ2n) is 3.68. The quantitative estimate of drug-likeness (QED) is 0.715. The van der Waals surface area contributed by atoms with E-state index in [0.717, 1.165) is 16.9 Å². The third kappa shape index (κ3) is 2.22. The predicted molar refractivity (Wildman–Crippen MR) is 81.1 cm³/mol. The summed E-state index contributed by atoms with van der Waals surface area (Å²) in [6.07, 6.45) is 0. The number of aromatic nitrogens is 3. The second-order valence-corrected chi connectivity index (χ2v) is 6.48. The van der Waals surface area contributed by atoms with Crippen LogP contribution in [0.15, 0.2) is 23.6 Å². The standard InChI is InChI=1S/C12H10IN3OS/c1-2-17-10-4-3-8-12(15-10)16-11(14-8)7-5-9(13)18-6-7/h3-6H,2H2,1H3,(H,14,15,16). The molecule has 3 aromatic heterocycles. The largest absolute Gasteiger partial charge is 0.478 e. The van der Waals surface area contributed by atoms with Gasteiger partial charge >= 0.3 is 0 Å². The van der Waals surface area contributed by atoms with Crippen LogP contribution in [0.4, 0.5) is 0 Å². The topological polar surface area (TPSA) is 50.8 Å². The number of hydrogen-bond donors (Lipinski definition) is 1. The van der Waals surface area contributed by atoms with Gasteiger partial charge in [-0.05, 0) is 41.6 Å². The Balaban J connectivity index is 2.05. The van der Waals surface area contributed by atoms with Crippen LogP contribution in [0.3, 0.4) is 0 Å². The van der Waals surface area contributed by atoms with Gasteiger partial charge in [0, 0.05) is 17.0 Å². The van der Waals surface area contributed by atoms with Crippen LogP contribution in [-0.2, 0) is 0 Å². The fourth-order valence-electron chi connectivity index (χ4n) is 1.67.